The first-order valence-electron chi connectivity index (χ1n) is 10.2. The van der Waals surface area contributed by atoms with Gasteiger partial charge in [-0.25, -0.2) is 9.78 Å². The lowest BCUT2D eigenvalue weighted by molar-refractivity contribution is -0.143. The molecule has 1 aromatic heterocycles. The van der Waals surface area contributed by atoms with Crippen LogP contribution in [-0.2, 0) is 22.4 Å². The molecule has 2 aliphatic rings. The molecule has 3 N–H and O–H groups in total. The van der Waals surface area contributed by atoms with Crippen LogP contribution in [0.1, 0.15) is 36.9 Å². The van der Waals surface area contributed by atoms with Crippen LogP contribution >= 0.6 is 0 Å². The van der Waals surface area contributed by atoms with Gasteiger partial charge in [-0.05, 0) is 50.2 Å². The molecule has 1 fully saturated rings. The van der Waals surface area contributed by atoms with Crippen LogP contribution in [0.4, 0.5) is 10.6 Å². The number of carboxylic acid groups (broad SMARTS) is 1. The molecule has 9 nitrogen and oxygen atoms in total. The van der Waals surface area contributed by atoms with Gasteiger partial charge in [0.15, 0.2) is 0 Å². The van der Waals surface area contributed by atoms with E-state index in [4.69, 9.17) is 5.11 Å². The second kappa shape index (κ2) is 9.58. The molecule has 2 aliphatic heterocycles. The number of pyridine rings is 1. The second-order valence-corrected chi connectivity index (χ2v) is 7.60. The minimum atomic E-state index is -1.05. The summed E-state index contributed by atoms with van der Waals surface area (Å²) in [5.74, 6) is -0.353. The highest BCUT2D eigenvalue weighted by Gasteiger charge is 2.37. The fraction of sp³-hybridized carbons (Fsp3) is 0.600. The van der Waals surface area contributed by atoms with Crippen molar-refractivity contribution in [2.24, 2.45) is 0 Å². The molecule has 1 saturated heterocycles. The van der Waals surface area contributed by atoms with Crippen LogP contribution in [0.2, 0.25) is 0 Å². The zero-order valence-electron chi connectivity index (χ0n) is 16.8. The van der Waals surface area contributed by atoms with Gasteiger partial charge in [0.25, 0.3) is 0 Å². The molecule has 3 heterocycles. The molecule has 0 spiro atoms. The summed E-state index contributed by atoms with van der Waals surface area (Å²) in [4.78, 5) is 42.7. The third-order valence-electron chi connectivity index (χ3n) is 5.47. The molecule has 9 heteroatoms. The van der Waals surface area contributed by atoms with Crippen molar-refractivity contribution in [2.45, 2.75) is 44.6 Å². The predicted molar refractivity (Wildman–Crippen MR) is 108 cm³/mol. The highest BCUT2D eigenvalue weighted by atomic mass is 16.4. The summed E-state index contributed by atoms with van der Waals surface area (Å²) in [5, 5.41) is 15.0. The van der Waals surface area contributed by atoms with Gasteiger partial charge in [0.05, 0.1) is 0 Å². The molecular weight excluding hydrogens is 374 g/mol. The van der Waals surface area contributed by atoms with Gasteiger partial charge in [0.2, 0.25) is 5.91 Å². The van der Waals surface area contributed by atoms with Crippen molar-refractivity contribution in [1.29, 1.82) is 0 Å². The summed E-state index contributed by atoms with van der Waals surface area (Å²) in [6.45, 7) is 1.53. The van der Waals surface area contributed by atoms with E-state index < -0.39 is 12.0 Å². The van der Waals surface area contributed by atoms with Crippen molar-refractivity contribution in [3.8, 4) is 0 Å². The topological polar surface area (TPSA) is 115 Å². The standard InChI is InChI=1S/C20H29N5O4/c1-24(16-9-12-25(19(16)28)13-17(26)27)20(29)22-10-3-2-6-15-8-7-14-5-4-11-21-18(14)23-15/h7-8,16H,2-6,9-13H2,1H3,(H,21,23)(H,22,29)(H,26,27)/t16-/m1/s1. The third kappa shape index (κ3) is 5.36. The summed E-state index contributed by atoms with van der Waals surface area (Å²) in [5.41, 5.74) is 2.33. The summed E-state index contributed by atoms with van der Waals surface area (Å²) in [7, 11) is 1.58. The van der Waals surface area contributed by atoms with Crippen LogP contribution in [0.3, 0.4) is 0 Å². The Morgan fingerprint density at radius 2 is 2.21 bits per heavy atom. The summed E-state index contributed by atoms with van der Waals surface area (Å²) in [6, 6.07) is 3.32. The lowest BCUT2D eigenvalue weighted by atomic mass is 10.1. The number of nitrogens with one attached hydrogen (secondary N) is 2. The Morgan fingerprint density at radius 3 is 3.00 bits per heavy atom. The normalized spacial score (nSPS) is 18.2. The number of anilines is 1. The minimum Gasteiger partial charge on any atom is -0.480 e. The summed E-state index contributed by atoms with van der Waals surface area (Å²) in [6.07, 6.45) is 5.25. The molecule has 0 bridgehead atoms. The number of carboxylic acids is 1. The number of carbonyl (C=O) groups excluding carboxylic acids is 2. The van der Waals surface area contributed by atoms with Crippen molar-refractivity contribution in [1.82, 2.24) is 20.1 Å². The summed E-state index contributed by atoms with van der Waals surface area (Å²) < 4.78 is 0. The molecule has 158 valence electrons. The molecule has 1 aromatic rings. The smallest absolute Gasteiger partial charge is 0.323 e. The number of carbonyl (C=O) groups is 3. The SMILES string of the molecule is CN(C(=O)NCCCCc1ccc2c(n1)NCCC2)[C@@H]1CCN(CC(=O)O)C1=O. The maximum atomic E-state index is 12.3. The molecule has 0 aliphatic carbocycles. The zero-order valence-corrected chi connectivity index (χ0v) is 16.8. The molecule has 0 saturated carbocycles. The first kappa shape index (κ1) is 20.9. The fourth-order valence-corrected chi connectivity index (χ4v) is 3.80. The molecule has 29 heavy (non-hydrogen) atoms. The Bertz CT molecular complexity index is 769. The van der Waals surface area contributed by atoms with Gasteiger partial charge in [-0.2, -0.15) is 0 Å². The van der Waals surface area contributed by atoms with Gasteiger partial charge in [0.1, 0.15) is 18.4 Å². The largest absolute Gasteiger partial charge is 0.480 e. The lowest BCUT2D eigenvalue weighted by Crippen LogP contribution is -2.47. The van der Waals surface area contributed by atoms with E-state index in [9.17, 15) is 14.4 Å². The number of likely N-dealkylation sites (tertiary alicyclic amines) is 1. The number of fused-ring (bicyclic) bond motifs is 1. The average molecular weight is 403 g/mol. The number of aliphatic carboxylic acids is 1. The van der Waals surface area contributed by atoms with Gasteiger partial charge in [-0.3, -0.25) is 9.59 Å². The highest BCUT2D eigenvalue weighted by Crippen LogP contribution is 2.20. The van der Waals surface area contributed by atoms with E-state index in [-0.39, 0.29) is 18.5 Å². The number of aromatic nitrogens is 1. The fourth-order valence-electron chi connectivity index (χ4n) is 3.80. The molecule has 0 unspecified atom stereocenters. The Hall–Kier alpha value is -2.84. The van der Waals surface area contributed by atoms with Gasteiger partial charge in [0, 0.05) is 32.4 Å². The van der Waals surface area contributed by atoms with Crippen LogP contribution in [0.25, 0.3) is 0 Å². The van der Waals surface area contributed by atoms with Crippen molar-refractivity contribution in [2.75, 3.05) is 38.5 Å². The van der Waals surface area contributed by atoms with Crippen molar-refractivity contribution >= 4 is 23.7 Å². The Kier molecular flexibility index (Phi) is 6.90. The number of unbranched alkanes of at least 4 members (excludes halogenated alkanes) is 1. The van der Waals surface area contributed by atoms with E-state index in [1.54, 1.807) is 7.05 Å². The summed E-state index contributed by atoms with van der Waals surface area (Å²) >= 11 is 0. The van der Waals surface area contributed by atoms with Gasteiger partial charge in [-0.1, -0.05) is 6.07 Å². The third-order valence-corrected chi connectivity index (χ3v) is 5.47. The van der Waals surface area contributed by atoms with E-state index in [0.29, 0.717) is 19.5 Å². The molecule has 3 rings (SSSR count). The van der Waals surface area contributed by atoms with Crippen LogP contribution < -0.4 is 10.6 Å². The number of hydrogen-bond donors (Lipinski definition) is 3. The predicted octanol–water partition coefficient (Wildman–Crippen LogP) is 1.09. The van der Waals surface area contributed by atoms with E-state index in [0.717, 1.165) is 50.2 Å². The van der Waals surface area contributed by atoms with E-state index in [1.165, 1.54) is 15.4 Å². The molecule has 1 atom stereocenters. The number of rotatable bonds is 8. The van der Waals surface area contributed by atoms with Crippen LogP contribution in [0.15, 0.2) is 12.1 Å². The second-order valence-electron chi connectivity index (χ2n) is 7.60. The lowest BCUT2D eigenvalue weighted by Gasteiger charge is -2.24. The monoisotopic (exact) mass is 403 g/mol. The van der Waals surface area contributed by atoms with Crippen molar-refractivity contribution < 1.29 is 19.5 Å². The maximum Gasteiger partial charge on any atom is 0.323 e. The van der Waals surface area contributed by atoms with Gasteiger partial charge >= 0.3 is 12.0 Å². The van der Waals surface area contributed by atoms with Gasteiger partial charge in [-0.15, -0.1) is 0 Å². The maximum absolute atomic E-state index is 12.3. The number of nitrogens with zero attached hydrogens (tertiary/aromatic N) is 3. The molecule has 0 aromatic carbocycles. The van der Waals surface area contributed by atoms with Crippen LogP contribution in [0, 0.1) is 0 Å². The number of hydrogen-bond acceptors (Lipinski definition) is 5. The van der Waals surface area contributed by atoms with Crippen molar-refractivity contribution in [3.05, 3.63) is 23.4 Å². The van der Waals surface area contributed by atoms with E-state index >= 15 is 0 Å². The number of urea groups is 1. The highest BCUT2D eigenvalue weighted by molar-refractivity contribution is 5.90. The Labute approximate surface area is 170 Å². The Morgan fingerprint density at radius 1 is 1.38 bits per heavy atom. The van der Waals surface area contributed by atoms with Crippen molar-refractivity contribution in [3.63, 3.8) is 0 Å². The zero-order chi connectivity index (χ0) is 20.8. The van der Waals surface area contributed by atoms with E-state index in [2.05, 4.69) is 27.8 Å². The average Bonchev–Trinajstić information content (AvgIpc) is 3.06. The number of amides is 3. The first-order valence-corrected chi connectivity index (χ1v) is 10.2. The first-order chi connectivity index (χ1) is 14.0. The number of aryl methyl sites for hydroxylation is 2. The van der Waals surface area contributed by atoms with Crippen LogP contribution in [-0.4, -0.2) is 77.1 Å². The molecule has 0 radical (unpaired) electrons. The quantitative estimate of drug-likeness (QED) is 0.560. The van der Waals surface area contributed by atoms with E-state index in [1.807, 2.05) is 0 Å². The molecule has 3 amide bonds. The Balaban J connectivity index is 1.36. The van der Waals surface area contributed by atoms with Crippen LogP contribution in [0.5, 0.6) is 0 Å². The number of likely N-dealkylation sites (N-methyl/N-ethyl adjacent to an activating group) is 1. The molecular formula is C20H29N5O4. The van der Waals surface area contributed by atoms with Gasteiger partial charge < -0.3 is 25.5 Å². The minimum absolute atomic E-state index is 0.308.